The highest BCUT2D eigenvalue weighted by Crippen LogP contribution is 2.32. The first-order valence-corrected chi connectivity index (χ1v) is 4.95. The molecule has 2 heteroatoms. The van der Waals surface area contributed by atoms with Gasteiger partial charge in [0.05, 0.1) is 12.7 Å². The molecule has 0 saturated heterocycles. The molecule has 0 fully saturated rings. The van der Waals surface area contributed by atoms with Gasteiger partial charge >= 0.3 is 0 Å². The Morgan fingerprint density at radius 1 is 1.17 bits per heavy atom. The third kappa shape index (κ3) is 2.46. The summed E-state index contributed by atoms with van der Waals surface area (Å²) in [6.07, 6.45) is 3.12. The number of hydrogen-bond donors (Lipinski definition) is 2. The third-order valence-electron chi connectivity index (χ3n) is 2.99. The molecule has 0 saturated carbocycles. The summed E-state index contributed by atoms with van der Waals surface area (Å²) >= 11 is 0. The molecule has 74 valence electrons. The summed E-state index contributed by atoms with van der Waals surface area (Å²) in [7, 11) is 0. The molecule has 0 bridgehead atoms. The van der Waals surface area contributed by atoms with E-state index in [4.69, 9.17) is 0 Å². The van der Waals surface area contributed by atoms with Crippen molar-refractivity contribution in [2.24, 2.45) is 5.41 Å². The summed E-state index contributed by atoms with van der Waals surface area (Å²) in [5, 5.41) is 19.0. The van der Waals surface area contributed by atoms with Crippen LogP contribution in [-0.2, 0) is 0 Å². The highest BCUT2D eigenvalue weighted by molar-refractivity contribution is 4.83. The molecule has 0 amide bonds. The molecule has 0 aromatic heterocycles. The molecule has 0 aliphatic heterocycles. The van der Waals surface area contributed by atoms with Gasteiger partial charge in [-0.25, -0.2) is 0 Å². The van der Waals surface area contributed by atoms with E-state index < -0.39 is 0 Å². The average molecular weight is 174 g/mol. The van der Waals surface area contributed by atoms with E-state index in [1.807, 2.05) is 13.8 Å². The van der Waals surface area contributed by atoms with Gasteiger partial charge < -0.3 is 10.2 Å². The van der Waals surface area contributed by atoms with Crippen LogP contribution in [0.2, 0.25) is 0 Å². The molecular formula is C10H22O2. The lowest BCUT2D eigenvalue weighted by Crippen LogP contribution is -2.37. The van der Waals surface area contributed by atoms with Gasteiger partial charge in [-0.2, -0.15) is 0 Å². The maximum atomic E-state index is 9.80. The molecule has 0 aliphatic rings. The second-order valence-electron chi connectivity index (χ2n) is 3.53. The SMILES string of the molecule is CCCC(O)C(CC)(CC)CO. The Hall–Kier alpha value is -0.0800. The predicted molar refractivity (Wildman–Crippen MR) is 51.0 cm³/mol. The third-order valence-corrected chi connectivity index (χ3v) is 2.99. The lowest BCUT2D eigenvalue weighted by atomic mass is 9.76. The van der Waals surface area contributed by atoms with Crippen LogP contribution in [-0.4, -0.2) is 22.9 Å². The van der Waals surface area contributed by atoms with E-state index in [1.54, 1.807) is 0 Å². The molecule has 0 aliphatic carbocycles. The Bertz CT molecular complexity index is 100. The predicted octanol–water partition coefficient (Wildman–Crippen LogP) is 1.95. The molecule has 0 aromatic carbocycles. The fraction of sp³-hybridized carbons (Fsp3) is 1.00. The highest BCUT2D eigenvalue weighted by atomic mass is 16.3. The lowest BCUT2D eigenvalue weighted by molar-refractivity contribution is -0.0282. The minimum absolute atomic E-state index is 0.0984. The van der Waals surface area contributed by atoms with Gasteiger partial charge in [-0.3, -0.25) is 0 Å². The summed E-state index contributed by atoms with van der Waals surface area (Å²) in [5.41, 5.74) is -0.254. The van der Waals surface area contributed by atoms with Crippen molar-refractivity contribution >= 4 is 0 Å². The number of aliphatic hydroxyl groups is 2. The first-order valence-electron chi connectivity index (χ1n) is 4.95. The van der Waals surface area contributed by atoms with Crippen LogP contribution in [0.4, 0.5) is 0 Å². The minimum atomic E-state index is -0.345. The molecular weight excluding hydrogens is 152 g/mol. The van der Waals surface area contributed by atoms with E-state index in [1.165, 1.54) is 0 Å². The molecule has 0 radical (unpaired) electrons. The Kier molecular flexibility index (Phi) is 5.51. The maximum Gasteiger partial charge on any atom is 0.0618 e. The Balaban J connectivity index is 4.24. The van der Waals surface area contributed by atoms with E-state index in [0.29, 0.717) is 0 Å². The summed E-state index contributed by atoms with van der Waals surface area (Å²) in [5.74, 6) is 0. The smallest absolute Gasteiger partial charge is 0.0618 e. The van der Waals surface area contributed by atoms with E-state index >= 15 is 0 Å². The van der Waals surface area contributed by atoms with Gasteiger partial charge in [0, 0.05) is 5.41 Å². The zero-order valence-electron chi connectivity index (χ0n) is 8.51. The summed E-state index contributed by atoms with van der Waals surface area (Å²) in [4.78, 5) is 0. The molecule has 12 heavy (non-hydrogen) atoms. The van der Waals surface area contributed by atoms with Crippen molar-refractivity contribution in [1.82, 2.24) is 0 Å². The fourth-order valence-corrected chi connectivity index (χ4v) is 1.63. The topological polar surface area (TPSA) is 40.5 Å². The quantitative estimate of drug-likeness (QED) is 0.646. The number of hydrogen-bond acceptors (Lipinski definition) is 2. The van der Waals surface area contributed by atoms with Crippen LogP contribution in [0.3, 0.4) is 0 Å². The number of aliphatic hydroxyl groups excluding tert-OH is 2. The number of rotatable bonds is 6. The minimum Gasteiger partial charge on any atom is -0.396 e. The van der Waals surface area contributed by atoms with Gasteiger partial charge in [0.1, 0.15) is 0 Å². The zero-order valence-corrected chi connectivity index (χ0v) is 8.51. The van der Waals surface area contributed by atoms with Crippen molar-refractivity contribution in [3.63, 3.8) is 0 Å². The van der Waals surface area contributed by atoms with Crippen LogP contribution in [0, 0.1) is 5.41 Å². The first-order chi connectivity index (χ1) is 5.66. The van der Waals surface area contributed by atoms with Crippen molar-refractivity contribution in [2.45, 2.75) is 52.6 Å². The maximum absolute atomic E-state index is 9.80. The zero-order chi connectivity index (χ0) is 9.61. The molecule has 1 atom stereocenters. The van der Waals surface area contributed by atoms with E-state index in [2.05, 4.69) is 6.92 Å². The largest absolute Gasteiger partial charge is 0.396 e. The average Bonchev–Trinajstić information content (AvgIpc) is 2.09. The summed E-state index contributed by atoms with van der Waals surface area (Å²) < 4.78 is 0. The van der Waals surface area contributed by atoms with Gasteiger partial charge in [0.2, 0.25) is 0 Å². The monoisotopic (exact) mass is 174 g/mol. The van der Waals surface area contributed by atoms with Crippen LogP contribution in [0.5, 0.6) is 0 Å². The molecule has 0 aromatic rings. The van der Waals surface area contributed by atoms with Crippen molar-refractivity contribution < 1.29 is 10.2 Å². The van der Waals surface area contributed by atoms with Crippen LogP contribution in [0.1, 0.15) is 46.5 Å². The van der Waals surface area contributed by atoms with Gasteiger partial charge in [-0.05, 0) is 19.3 Å². The molecule has 0 spiro atoms. The van der Waals surface area contributed by atoms with Crippen LogP contribution >= 0.6 is 0 Å². The molecule has 1 unspecified atom stereocenters. The second kappa shape index (κ2) is 5.55. The summed E-state index contributed by atoms with van der Waals surface area (Å²) in [6.45, 7) is 6.20. The van der Waals surface area contributed by atoms with E-state index in [9.17, 15) is 10.2 Å². The van der Waals surface area contributed by atoms with Crippen LogP contribution < -0.4 is 0 Å². The van der Waals surface area contributed by atoms with Crippen molar-refractivity contribution in [1.29, 1.82) is 0 Å². The van der Waals surface area contributed by atoms with Crippen LogP contribution in [0.25, 0.3) is 0 Å². The van der Waals surface area contributed by atoms with Gasteiger partial charge in [0.25, 0.3) is 0 Å². The lowest BCUT2D eigenvalue weighted by Gasteiger charge is -2.34. The Labute approximate surface area is 75.6 Å². The molecule has 0 heterocycles. The molecule has 2 nitrogen and oxygen atoms in total. The first kappa shape index (κ1) is 11.9. The molecule has 2 N–H and O–H groups in total. The van der Waals surface area contributed by atoms with E-state index in [-0.39, 0.29) is 18.1 Å². The Morgan fingerprint density at radius 2 is 1.67 bits per heavy atom. The highest BCUT2D eigenvalue weighted by Gasteiger charge is 2.32. The summed E-state index contributed by atoms with van der Waals surface area (Å²) in [6, 6.07) is 0. The van der Waals surface area contributed by atoms with Crippen molar-refractivity contribution in [3.8, 4) is 0 Å². The van der Waals surface area contributed by atoms with Gasteiger partial charge in [-0.1, -0.05) is 27.2 Å². The molecule has 0 rings (SSSR count). The van der Waals surface area contributed by atoms with E-state index in [0.717, 1.165) is 25.7 Å². The van der Waals surface area contributed by atoms with Gasteiger partial charge in [0.15, 0.2) is 0 Å². The standard InChI is InChI=1S/C10H22O2/c1-4-7-9(12)10(5-2,6-3)8-11/h9,11-12H,4-8H2,1-3H3. The van der Waals surface area contributed by atoms with Crippen molar-refractivity contribution in [3.05, 3.63) is 0 Å². The second-order valence-corrected chi connectivity index (χ2v) is 3.53. The Morgan fingerprint density at radius 3 is 1.92 bits per heavy atom. The van der Waals surface area contributed by atoms with Crippen molar-refractivity contribution in [2.75, 3.05) is 6.61 Å². The normalized spacial score (nSPS) is 14.8. The fourth-order valence-electron chi connectivity index (χ4n) is 1.63. The van der Waals surface area contributed by atoms with Gasteiger partial charge in [-0.15, -0.1) is 0 Å². The van der Waals surface area contributed by atoms with Crippen LogP contribution in [0.15, 0.2) is 0 Å².